The molecule has 0 aliphatic rings. The molecule has 0 radical (unpaired) electrons. The second-order valence-electron chi connectivity index (χ2n) is 6.37. The number of carbonyl (C=O) groups is 1. The van der Waals surface area contributed by atoms with Crippen molar-refractivity contribution in [2.45, 2.75) is 47.0 Å². The van der Waals surface area contributed by atoms with E-state index >= 15 is 0 Å². The molecule has 2 aromatic heterocycles. The second kappa shape index (κ2) is 6.67. The number of aromatic carboxylic acids is 1. The van der Waals surface area contributed by atoms with Crippen molar-refractivity contribution in [3.63, 3.8) is 0 Å². The van der Waals surface area contributed by atoms with Crippen LogP contribution in [0.25, 0.3) is 16.8 Å². The maximum atomic E-state index is 11.6. The number of nitrogens with zero attached hydrogens (tertiary/aromatic N) is 3. The SMILES string of the molecule is CCCc1cc(C(=O)O)nc2c(-c3c(C)cccc3C)c(CC)nn12. The Bertz CT molecular complexity index is 937. The molecular weight excluding hydrogens is 314 g/mol. The van der Waals surface area contributed by atoms with Crippen LogP contribution in [0.1, 0.15) is 53.3 Å². The summed E-state index contributed by atoms with van der Waals surface area (Å²) in [6.45, 7) is 8.28. The highest BCUT2D eigenvalue weighted by Gasteiger charge is 2.21. The quantitative estimate of drug-likeness (QED) is 0.756. The summed E-state index contributed by atoms with van der Waals surface area (Å²) in [5, 5.41) is 14.2. The minimum atomic E-state index is -1.01. The van der Waals surface area contributed by atoms with Crippen LogP contribution >= 0.6 is 0 Å². The molecule has 5 nitrogen and oxygen atoms in total. The molecule has 2 heterocycles. The summed E-state index contributed by atoms with van der Waals surface area (Å²) in [4.78, 5) is 16.0. The molecule has 3 aromatic rings. The predicted octanol–water partition coefficient (Wildman–Crippen LogP) is 4.23. The molecule has 0 unspecified atom stereocenters. The van der Waals surface area contributed by atoms with Gasteiger partial charge in [-0.1, -0.05) is 38.5 Å². The summed E-state index contributed by atoms with van der Waals surface area (Å²) in [6.07, 6.45) is 2.44. The van der Waals surface area contributed by atoms with E-state index in [9.17, 15) is 9.90 Å². The molecule has 130 valence electrons. The lowest BCUT2D eigenvalue weighted by molar-refractivity contribution is 0.0690. The normalized spacial score (nSPS) is 11.2. The fourth-order valence-electron chi connectivity index (χ4n) is 3.38. The molecule has 0 aliphatic carbocycles. The first-order chi connectivity index (χ1) is 12.0. The molecule has 0 aliphatic heterocycles. The van der Waals surface area contributed by atoms with Crippen molar-refractivity contribution in [3.8, 4) is 11.1 Å². The van der Waals surface area contributed by atoms with E-state index in [-0.39, 0.29) is 5.69 Å². The molecule has 0 saturated carbocycles. The highest BCUT2D eigenvalue weighted by atomic mass is 16.4. The zero-order valence-electron chi connectivity index (χ0n) is 15.1. The summed E-state index contributed by atoms with van der Waals surface area (Å²) in [7, 11) is 0. The van der Waals surface area contributed by atoms with Crippen LogP contribution in [-0.2, 0) is 12.8 Å². The zero-order chi connectivity index (χ0) is 18.1. The summed E-state index contributed by atoms with van der Waals surface area (Å²) in [5.74, 6) is -1.01. The number of benzene rings is 1. The Morgan fingerprint density at radius 2 is 1.84 bits per heavy atom. The van der Waals surface area contributed by atoms with Crippen molar-refractivity contribution >= 4 is 11.6 Å². The highest BCUT2D eigenvalue weighted by Crippen LogP contribution is 2.34. The summed E-state index contributed by atoms with van der Waals surface area (Å²) < 4.78 is 1.83. The number of hydrogen-bond donors (Lipinski definition) is 1. The minimum absolute atomic E-state index is 0.0750. The van der Waals surface area contributed by atoms with E-state index in [1.54, 1.807) is 6.07 Å². The van der Waals surface area contributed by atoms with Crippen molar-refractivity contribution in [2.24, 2.45) is 0 Å². The Morgan fingerprint density at radius 1 is 1.16 bits per heavy atom. The van der Waals surface area contributed by atoms with Gasteiger partial charge in [-0.15, -0.1) is 0 Å². The van der Waals surface area contributed by atoms with Crippen LogP contribution in [0, 0.1) is 13.8 Å². The molecule has 5 heteroatoms. The number of hydrogen-bond acceptors (Lipinski definition) is 3. The van der Waals surface area contributed by atoms with Gasteiger partial charge in [0, 0.05) is 5.69 Å². The first-order valence-electron chi connectivity index (χ1n) is 8.69. The van der Waals surface area contributed by atoms with E-state index in [0.29, 0.717) is 5.65 Å². The van der Waals surface area contributed by atoms with Gasteiger partial charge in [0.15, 0.2) is 11.3 Å². The highest BCUT2D eigenvalue weighted by molar-refractivity contribution is 5.89. The van der Waals surface area contributed by atoms with Gasteiger partial charge in [-0.05, 0) is 49.4 Å². The fourth-order valence-corrected chi connectivity index (χ4v) is 3.38. The third kappa shape index (κ3) is 2.90. The van der Waals surface area contributed by atoms with Gasteiger partial charge < -0.3 is 5.11 Å². The van der Waals surface area contributed by atoms with E-state index in [1.807, 2.05) is 10.6 Å². The Hall–Kier alpha value is -2.69. The van der Waals surface area contributed by atoms with Crippen LogP contribution < -0.4 is 0 Å². The zero-order valence-corrected chi connectivity index (χ0v) is 15.1. The molecule has 3 rings (SSSR count). The van der Waals surface area contributed by atoms with Crippen molar-refractivity contribution < 1.29 is 9.90 Å². The third-order valence-corrected chi connectivity index (χ3v) is 4.53. The number of rotatable bonds is 5. The van der Waals surface area contributed by atoms with E-state index in [1.165, 1.54) is 0 Å². The average Bonchev–Trinajstić information content (AvgIpc) is 2.94. The first-order valence-corrected chi connectivity index (χ1v) is 8.69. The molecule has 0 spiro atoms. The number of carboxylic acids is 1. The topological polar surface area (TPSA) is 67.5 Å². The molecular formula is C20H23N3O2. The van der Waals surface area contributed by atoms with E-state index in [2.05, 4.69) is 44.8 Å². The van der Waals surface area contributed by atoms with E-state index in [4.69, 9.17) is 5.10 Å². The van der Waals surface area contributed by atoms with Crippen LogP contribution in [0.15, 0.2) is 24.3 Å². The summed E-state index contributed by atoms with van der Waals surface area (Å²) in [5.41, 5.74) is 6.89. The standard InChI is InChI=1S/C20H23N3O2/c1-5-8-14-11-16(20(24)25)21-19-18(15(6-2)22-23(14)19)17-12(3)9-7-10-13(17)4/h7,9-11H,5-6,8H2,1-4H3,(H,24,25). The predicted molar refractivity (Wildman–Crippen MR) is 98.2 cm³/mol. The number of carboxylic acid groups (broad SMARTS) is 1. The molecule has 25 heavy (non-hydrogen) atoms. The number of fused-ring (bicyclic) bond motifs is 1. The minimum Gasteiger partial charge on any atom is -0.477 e. The van der Waals surface area contributed by atoms with Crippen LogP contribution in [0.2, 0.25) is 0 Å². The van der Waals surface area contributed by atoms with Crippen molar-refractivity contribution in [2.75, 3.05) is 0 Å². The molecule has 0 atom stereocenters. The lowest BCUT2D eigenvalue weighted by Gasteiger charge is -2.10. The monoisotopic (exact) mass is 337 g/mol. The molecule has 0 fully saturated rings. The Balaban J connectivity index is 2.44. The Labute approximate surface area is 147 Å². The van der Waals surface area contributed by atoms with Crippen LogP contribution in [0.3, 0.4) is 0 Å². The molecule has 0 amide bonds. The third-order valence-electron chi connectivity index (χ3n) is 4.53. The van der Waals surface area contributed by atoms with E-state index in [0.717, 1.165) is 52.9 Å². The Morgan fingerprint density at radius 3 is 2.40 bits per heavy atom. The van der Waals surface area contributed by atoms with Gasteiger partial charge >= 0.3 is 5.97 Å². The molecule has 0 saturated heterocycles. The van der Waals surface area contributed by atoms with Crippen LogP contribution in [0.5, 0.6) is 0 Å². The van der Waals surface area contributed by atoms with Crippen molar-refractivity contribution in [1.29, 1.82) is 0 Å². The molecule has 1 N–H and O–H groups in total. The van der Waals surface area contributed by atoms with Gasteiger partial charge in [0.1, 0.15) is 0 Å². The van der Waals surface area contributed by atoms with Crippen molar-refractivity contribution in [3.05, 3.63) is 52.5 Å². The van der Waals surface area contributed by atoms with Crippen LogP contribution in [-0.4, -0.2) is 25.7 Å². The Kier molecular flexibility index (Phi) is 4.57. The van der Waals surface area contributed by atoms with E-state index < -0.39 is 5.97 Å². The smallest absolute Gasteiger partial charge is 0.354 e. The number of aryl methyl sites for hydroxylation is 4. The van der Waals surface area contributed by atoms with Crippen LogP contribution in [0.4, 0.5) is 0 Å². The number of aromatic nitrogens is 3. The largest absolute Gasteiger partial charge is 0.477 e. The van der Waals surface area contributed by atoms with Gasteiger partial charge in [-0.3, -0.25) is 0 Å². The lowest BCUT2D eigenvalue weighted by atomic mass is 9.95. The molecule has 0 bridgehead atoms. The van der Waals surface area contributed by atoms with Gasteiger partial charge in [0.25, 0.3) is 0 Å². The van der Waals surface area contributed by atoms with Crippen molar-refractivity contribution in [1.82, 2.24) is 14.6 Å². The van der Waals surface area contributed by atoms with Gasteiger partial charge in [-0.25, -0.2) is 14.3 Å². The fraction of sp³-hybridized carbons (Fsp3) is 0.350. The van der Waals surface area contributed by atoms with Gasteiger partial charge in [-0.2, -0.15) is 5.10 Å². The van der Waals surface area contributed by atoms with Gasteiger partial charge in [0.2, 0.25) is 0 Å². The second-order valence-corrected chi connectivity index (χ2v) is 6.37. The van der Waals surface area contributed by atoms with Gasteiger partial charge in [0.05, 0.1) is 11.3 Å². The average molecular weight is 337 g/mol. The first kappa shape index (κ1) is 17.1. The molecule has 1 aromatic carbocycles. The summed E-state index contributed by atoms with van der Waals surface area (Å²) in [6, 6.07) is 7.81. The lowest BCUT2D eigenvalue weighted by Crippen LogP contribution is -2.08. The summed E-state index contributed by atoms with van der Waals surface area (Å²) >= 11 is 0. The maximum Gasteiger partial charge on any atom is 0.354 e. The maximum absolute atomic E-state index is 11.6.